The van der Waals surface area contributed by atoms with E-state index < -0.39 is 0 Å². The molecule has 1 saturated heterocycles. The summed E-state index contributed by atoms with van der Waals surface area (Å²) < 4.78 is 0. The lowest BCUT2D eigenvalue weighted by atomic mass is 9.86. The second-order valence-corrected chi connectivity index (χ2v) is 9.53. The first-order chi connectivity index (χ1) is 11.9. The van der Waals surface area contributed by atoms with Crippen LogP contribution in [0.5, 0.6) is 0 Å². The highest BCUT2D eigenvalue weighted by Gasteiger charge is 2.28. The Morgan fingerprint density at radius 2 is 1.60 bits per heavy atom. The van der Waals surface area contributed by atoms with Crippen molar-refractivity contribution in [3.8, 4) is 0 Å². The zero-order chi connectivity index (χ0) is 18.8. The quantitative estimate of drug-likeness (QED) is 0.430. The molecule has 1 aliphatic heterocycles. The van der Waals surface area contributed by atoms with Crippen molar-refractivity contribution < 1.29 is 0 Å². The van der Waals surface area contributed by atoms with E-state index in [9.17, 15) is 0 Å². The Hall–Kier alpha value is -0.0800. The van der Waals surface area contributed by atoms with Gasteiger partial charge >= 0.3 is 0 Å². The van der Waals surface area contributed by atoms with Crippen LogP contribution in [0.1, 0.15) is 86.5 Å². The van der Waals surface area contributed by atoms with Crippen LogP contribution in [0.15, 0.2) is 0 Å². The van der Waals surface area contributed by atoms with Gasteiger partial charge in [0.1, 0.15) is 0 Å². The second kappa shape index (κ2) is 12.3. The Kier molecular flexibility index (Phi) is 11.3. The minimum Gasteiger partial charge on any atom is -0.303 e. The van der Waals surface area contributed by atoms with Gasteiger partial charge in [0.25, 0.3) is 0 Å². The van der Waals surface area contributed by atoms with E-state index in [0.29, 0.717) is 0 Å². The SMILES string of the molecule is CCC(CCCN(C)C(CC)C1CCN(CC(C)C)CC1)CC(C)C. The van der Waals surface area contributed by atoms with Gasteiger partial charge in [0, 0.05) is 12.6 Å². The van der Waals surface area contributed by atoms with Crippen molar-refractivity contribution in [2.45, 2.75) is 92.5 Å². The second-order valence-electron chi connectivity index (χ2n) is 9.53. The van der Waals surface area contributed by atoms with Crippen LogP contribution in [0, 0.1) is 23.7 Å². The highest BCUT2D eigenvalue weighted by molar-refractivity contribution is 4.82. The minimum atomic E-state index is 0.798. The summed E-state index contributed by atoms with van der Waals surface area (Å²) in [6, 6.07) is 0.798. The summed E-state index contributed by atoms with van der Waals surface area (Å²) in [5, 5.41) is 0. The number of nitrogens with zero attached hydrogens (tertiary/aromatic N) is 2. The van der Waals surface area contributed by atoms with Crippen LogP contribution < -0.4 is 0 Å². The summed E-state index contributed by atoms with van der Waals surface area (Å²) in [4.78, 5) is 5.39. The van der Waals surface area contributed by atoms with Crippen molar-refractivity contribution in [1.82, 2.24) is 9.80 Å². The molecule has 0 radical (unpaired) electrons. The summed E-state index contributed by atoms with van der Waals surface area (Å²) in [7, 11) is 2.39. The van der Waals surface area contributed by atoms with Crippen molar-refractivity contribution in [3.05, 3.63) is 0 Å². The molecule has 1 fully saturated rings. The van der Waals surface area contributed by atoms with E-state index in [-0.39, 0.29) is 0 Å². The van der Waals surface area contributed by atoms with Gasteiger partial charge in [-0.25, -0.2) is 0 Å². The fourth-order valence-corrected chi connectivity index (χ4v) is 4.99. The van der Waals surface area contributed by atoms with Gasteiger partial charge in [-0.3, -0.25) is 0 Å². The number of hydrogen-bond donors (Lipinski definition) is 0. The van der Waals surface area contributed by atoms with Crippen molar-refractivity contribution in [2.75, 3.05) is 33.2 Å². The summed E-state index contributed by atoms with van der Waals surface area (Å²) >= 11 is 0. The minimum absolute atomic E-state index is 0.798. The van der Waals surface area contributed by atoms with Crippen LogP contribution >= 0.6 is 0 Å². The van der Waals surface area contributed by atoms with Gasteiger partial charge in [-0.2, -0.15) is 0 Å². The van der Waals surface area contributed by atoms with Crippen LogP contribution in [-0.2, 0) is 0 Å². The third-order valence-corrected chi connectivity index (χ3v) is 6.29. The lowest BCUT2D eigenvalue weighted by molar-refractivity contribution is 0.0929. The third kappa shape index (κ3) is 8.91. The van der Waals surface area contributed by atoms with Crippen molar-refractivity contribution in [1.29, 1.82) is 0 Å². The number of hydrogen-bond acceptors (Lipinski definition) is 2. The lowest BCUT2D eigenvalue weighted by Gasteiger charge is -2.40. The Morgan fingerprint density at radius 1 is 0.960 bits per heavy atom. The van der Waals surface area contributed by atoms with Crippen LogP contribution in [0.2, 0.25) is 0 Å². The smallest absolute Gasteiger partial charge is 0.0119 e. The molecule has 0 aromatic rings. The van der Waals surface area contributed by atoms with Crippen LogP contribution in [0.4, 0.5) is 0 Å². The number of likely N-dealkylation sites (tertiary alicyclic amines) is 1. The first kappa shape index (κ1) is 23.0. The normalized spacial score (nSPS) is 19.9. The summed E-state index contributed by atoms with van der Waals surface area (Å²) in [5.74, 6) is 3.50. The van der Waals surface area contributed by atoms with Crippen molar-refractivity contribution in [2.24, 2.45) is 23.7 Å². The average Bonchev–Trinajstić information content (AvgIpc) is 2.55. The van der Waals surface area contributed by atoms with Crippen molar-refractivity contribution >= 4 is 0 Å². The van der Waals surface area contributed by atoms with E-state index in [4.69, 9.17) is 0 Å². The van der Waals surface area contributed by atoms with E-state index in [0.717, 1.165) is 29.7 Å². The maximum absolute atomic E-state index is 2.70. The molecule has 2 nitrogen and oxygen atoms in total. The van der Waals surface area contributed by atoms with Gasteiger partial charge in [0.15, 0.2) is 0 Å². The molecule has 2 atom stereocenters. The lowest BCUT2D eigenvalue weighted by Crippen LogP contribution is -2.45. The molecule has 0 aromatic carbocycles. The fourth-order valence-electron chi connectivity index (χ4n) is 4.99. The zero-order valence-electron chi connectivity index (χ0n) is 18.6. The molecule has 150 valence electrons. The molecule has 0 spiro atoms. The number of piperidine rings is 1. The van der Waals surface area contributed by atoms with E-state index in [1.807, 2.05) is 0 Å². The Labute approximate surface area is 159 Å². The molecule has 0 bridgehead atoms. The molecule has 1 aliphatic rings. The van der Waals surface area contributed by atoms with Gasteiger partial charge in [0.2, 0.25) is 0 Å². The predicted molar refractivity (Wildman–Crippen MR) is 113 cm³/mol. The van der Waals surface area contributed by atoms with Gasteiger partial charge in [-0.05, 0) is 88.9 Å². The molecule has 2 unspecified atom stereocenters. The van der Waals surface area contributed by atoms with E-state index in [1.165, 1.54) is 71.1 Å². The van der Waals surface area contributed by atoms with Gasteiger partial charge in [-0.15, -0.1) is 0 Å². The molecule has 0 amide bonds. The van der Waals surface area contributed by atoms with E-state index in [1.54, 1.807) is 0 Å². The monoisotopic (exact) mass is 352 g/mol. The van der Waals surface area contributed by atoms with Gasteiger partial charge in [-0.1, -0.05) is 48.0 Å². The maximum atomic E-state index is 2.70. The molecule has 1 rings (SSSR count). The summed E-state index contributed by atoms with van der Waals surface area (Å²) in [6.45, 7) is 19.4. The standard InChI is InChI=1S/C23H48N2/c1-8-21(17-19(3)4)11-10-14-24(7)23(9-2)22-12-15-25(16-13-22)18-20(5)6/h19-23H,8-18H2,1-7H3. The molecular weight excluding hydrogens is 304 g/mol. The van der Waals surface area contributed by atoms with Gasteiger partial charge in [0.05, 0.1) is 0 Å². The summed E-state index contributed by atoms with van der Waals surface area (Å²) in [6.07, 6.45) is 9.68. The van der Waals surface area contributed by atoms with E-state index >= 15 is 0 Å². The fraction of sp³-hybridized carbons (Fsp3) is 1.00. The molecule has 0 saturated carbocycles. The van der Waals surface area contributed by atoms with Gasteiger partial charge < -0.3 is 9.80 Å². The predicted octanol–water partition coefficient (Wildman–Crippen LogP) is 5.92. The molecule has 1 heterocycles. The van der Waals surface area contributed by atoms with Crippen LogP contribution in [0.3, 0.4) is 0 Å². The molecule has 0 N–H and O–H groups in total. The Bertz CT molecular complexity index is 318. The molecular formula is C23H48N2. The third-order valence-electron chi connectivity index (χ3n) is 6.29. The molecule has 2 heteroatoms. The largest absolute Gasteiger partial charge is 0.303 e. The maximum Gasteiger partial charge on any atom is 0.0119 e. The number of rotatable bonds is 12. The average molecular weight is 353 g/mol. The molecule has 0 aliphatic carbocycles. The highest BCUT2D eigenvalue weighted by Crippen LogP contribution is 2.27. The van der Waals surface area contributed by atoms with E-state index in [2.05, 4.69) is 58.4 Å². The first-order valence-corrected chi connectivity index (χ1v) is 11.3. The Morgan fingerprint density at radius 3 is 2.08 bits per heavy atom. The van der Waals surface area contributed by atoms with Crippen molar-refractivity contribution in [3.63, 3.8) is 0 Å². The highest BCUT2D eigenvalue weighted by atomic mass is 15.2. The molecule has 0 aromatic heterocycles. The zero-order valence-corrected chi connectivity index (χ0v) is 18.6. The van der Waals surface area contributed by atoms with Crippen LogP contribution in [0.25, 0.3) is 0 Å². The summed E-state index contributed by atoms with van der Waals surface area (Å²) in [5.41, 5.74) is 0. The van der Waals surface area contributed by atoms with Crippen LogP contribution in [-0.4, -0.2) is 49.1 Å². The molecule has 25 heavy (non-hydrogen) atoms. The topological polar surface area (TPSA) is 6.48 Å². The Balaban J connectivity index is 2.36. The first-order valence-electron chi connectivity index (χ1n) is 11.3.